The minimum atomic E-state index is -0.886. The number of aromatic nitrogens is 2. The Kier molecular flexibility index (Phi) is 3.68. The molecule has 3 rings (SSSR count). The zero-order valence-corrected chi connectivity index (χ0v) is 12.4. The predicted octanol–water partition coefficient (Wildman–Crippen LogP) is 2.87. The minimum Gasteiger partial charge on any atom is -0.478 e. The average Bonchev–Trinajstić information content (AvgIpc) is 2.79. The van der Waals surface area contributed by atoms with Gasteiger partial charge in [-0.2, -0.15) is 5.10 Å². The van der Waals surface area contributed by atoms with Gasteiger partial charge < -0.3 is 9.84 Å². The summed E-state index contributed by atoms with van der Waals surface area (Å²) in [7, 11) is 0. The van der Waals surface area contributed by atoms with Gasteiger partial charge in [-0.1, -0.05) is 6.92 Å². The summed E-state index contributed by atoms with van der Waals surface area (Å²) in [5.74, 6) is -0.105. The largest absolute Gasteiger partial charge is 0.478 e. The zero-order valence-electron chi connectivity index (χ0n) is 12.4. The first-order chi connectivity index (χ1) is 10.1. The maximum atomic E-state index is 11.6. The second-order valence-corrected chi connectivity index (χ2v) is 5.75. The maximum Gasteiger partial charge on any atom is 0.338 e. The Hall–Kier alpha value is -1.88. The molecule has 0 radical (unpaired) electrons. The average molecular weight is 288 g/mol. The standard InChI is InChI=1S/C16H20N2O3/c1-10(12-5-8-21-9-6-12)15-11(2)14(16(19)20)13-4-3-7-17-18(13)15/h3-4,7,10,12H,5-6,8-9H2,1-2H3,(H,19,20). The minimum absolute atomic E-state index is 0.268. The quantitative estimate of drug-likeness (QED) is 0.943. The summed E-state index contributed by atoms with van der Waals surface area (Å²) in [5, 5.41) is 13.9. The van der Waals surface area contributed by atoms with Gasteiger partial charge in [0, 0.05) is 31.0 Å². The van der Waals surface area contributed by atoms with Crippen LogP contribution in [0.4, 0.5) is 0 Å². The summed E-state index contributed by atoms with van der Waals surface area (Å²) < 4.78 is 7.23. The Morgan fingerprint density at radius 2 is 2.19 bits per heavy atom. The molecule has 1 unspecified atom stereocenters. The summed E-state index contributed by atoms with van der Waals surface area (Å²) in [6, 6.07) is 3.60. The van der Waals surface area contributed by atoms with Crippen molar-refractivity contribution in [2.75, 3.05) is 13.2 Å². The van der Waals surface area contributed by atoms with Crippen LogP contribution in [0.15, 0.2) is 18.3 Å². The molecule has 0 aromatic carbocycles. The van der Waals surface area contributed by atoms with E-state index in [0.717, 1.165) is 37.3 Å². The molecule has 0 aliphatic carbocycles. The van der Waals surface area contributed by atoms with Gasteiger partial charge in [0.25, 0.3) is 0 Å². The highest BCUT2D eigenvalue weighted by molar-refractivity contribution is 5.98. The number of hydrogen-bond acceptors (Lipinski definition) is 3. The van der Waals surface area contributed by atoms with E-state index in [9.17, 15) is 9.90 Å². The Balaban J connectivity index is 2.13. The van der Waals surface area contributed by atoms with E-state index in [1.54, 1.807) is 16.8 Å². The van der Waals surface area contributed by atoms with Crippen LogP contribution in [0.5, 0.6) is 0 Å². The highest BCUT2D eigenvalue weighted by atomic mass is 16.5. The third-order valence-electron chi connectivity index (χ3n) is 4.61. The van der Waals surface area contributed by atoms with E-state index >= 15 is 0 Å². The number of ether oxygens (including phenoxy) is 1. The lowest BCUT2D eigenvalue weighted by molar-refractivity contribution is 0.0589. The van der Waals surface area contributed by atoms with E-state index < -0.39 is 5.97 Å². The Morgan fingerprint density at radius 3 is 2.86 bits per heavy atom. The molecule has 1 aliphatic heterocycles. The van der Waals surface area contributed by atoms with Gasteiger partial charge in [0.1, 0.15) is 0 Å². The molecule has 1 saturated heterocycles. The van der Waals surface area contributed by atoms with E-state index in [-0.39, 0.29) is 5.92 Å². The van der Waals surface area contributed by atoms with Gasteiger partial charge >= 0.3 is 5.97 Å². The first kappa shape index (κ1) is 14.1. The Bertz CT molecular complexity index is 671. The summed E-state index contributed by atoms with van der Waals surface area (Å²) in [6.07, 6.45) is 3.74. The lowest BCUT2D eigenvalue weighted by Crippen LogP contribution is -2.22. The van der Waals surface area contributed by atoms with E-state index in [1.165, 1.54) is 0 Å². The number of hydrogen-bond donors (Lipinski definition) is 1. The van der Waals surface area contributed by atoms with Crippen LogP contribution in [-0.4, -0.2) is 33.9 Å². The monoisotopic (exact) mass is 288 g/mol. The summed E-state index contributed by atoms with van der Waals surface area (Å²) in [6.45, 7) is 5.64. The van der Waals surface area contributed by atoms with E-state index in [0.29, 0.717) is 17.0 Å². The van der Waals surface area contributed by atoms with Crippen LogP contribution >= 0.6 is 0 Å². The van der Waals surface area contributed by atoms with Crippen LogP contribution in [-0.2, 0) is 4.74 Å². The lowest BCUT2D eigenvalue weighted by Gasteiger charge is -2.28. The molecular weight excluding hydrogens is 268 g/mol. The van der Waals surface area contributed by atoms with Crippen LogP contribution in [0, 0.1) is 12.8 Å². The molecule has 3 heterocycles. The summed E-state index contributed by atoms with van der Waals surface area (Å²) in [5.41, 5.74) is 2.91. The molecule has 1 atom stereocenters. The third-order valence-corrected chi connectivity index (χ3v) is 4.61. The van der Waals surface area contributed by atoms with Crippen LogP contribution in [0.1, 0.15) is 47.3 Å². The molecule has 1 N–H and O–H groups in total. The van der Waals surface area contributed by atoms with Gasteiger partial charge in [0.2, 0.25) is 0 Å². The molecule has 112 valence electrons. The SMILES string of the molecule is Cc1c(C(=O)O)c2cccnn2c1C(C)C1CCOCC1. The second kappa shape index (κ2) is 5.48. The first-order valence-corrected chi connectivity index (χ1v) is 7.38. The van der Waals surface area contributed by atoms with Crippen molar-refractivity contribution >= 4 is 11.5 Å². The highest BCUT2D eigenvalue weighted by Crippen LogP contribution is 2.36. The molecule has 1 fully saturated rings. The topological polar surface area (TPSA) is 63.8 Å². The third kappa shape index (κ3) is 2.31. The molecule has 21 heavy (non-hydrogen) atoms. The van der Waals surface area contributed by atoms with Crippen molar-refractivity contribution < 1.29 is 14.6 Å². The van der Waals surface area contributed by atoms with Gasteiger partial charge in [-0.15, -0.1) is 0 Å². The number of fused-ring (bicyclic) bond motifs is 1. The molecule has 2 aromatic heterocycles. The van der Waals surface area contributed by atoms with Crippen molar-refractivity contribution in [3.63, 3.8) is 0 Å². The normalized spacial score (nSPS) is 18.0. The van der Waals surface area contributed by atoms with E-state index in [1.807, 2.05) is 13.0 Å². The molecule has 0 bridgehead atoms. The molecular formula is C16H20N2O3. The van der Waals surface area contributed by atoms with Gasteiger partial charge in [-0.05, 0) is 43.4 Å². The fraction of sp³-hybridized carbons (Fsp3) is 0.500. The summed E-state index contributed by atoms with van der Waals surface area (Å²) >= 11 is 0. The fourth-order valence-electron chi connectivity index (χ4n) is 3.48. The molecule has 0 spiro atoms. The Labute approximate surface area is 123 Å². The van der Waals surface area contributed by atoms with E-state index in [4.69, 9.17) is 4.74 Å². The van der Waals surface area contributed by atoms with Crippen molar-refractivity contribution in [3.05, 3.63) is 35.2 Å². The number of carboxylic acids is 1. The van der Waals surface area contributed by atoms with Crippen molar-refractivity contribution in [1.29, 1.82) is 0 Å². The van der Waals surface area contributed by atoms with Gasteiger partial charge in [-0.25, -0.2) is 9.31 Å². The second-order valence-electron chi connectivity index (χ2n) is 5.75. The molecule has 0 amide bonds. The molecule has 0 saturated carbocycles. The van der Waals surface area contributed by atoms with Crippen molar-refractivity contribution in [2.24, 2.45) is 5.92 Å². The molecule has 5 nitrogen and oxygen atoms in total. The van der Waals surface area contributed by atoms with Crippen LogP contribution < -0.4 is 0 Å². The molecule has 1 aliphatic rings. The number of rotatable bonds is 3. The van der Waals surface area contributed by atoms with Crippen molar-refractivity contribution in [2.45, 2.75) is 32.6 Å². The predicted molar refractivity (Wildman–Crippen MR) is 78.8 cm³/mol. The van der Waals surface area contributed by atoms with Crippen molar-refractivity contribution in [3.8, 4) is 0 Å². The van der Waals surface area contributed by atoms with Gasteiger partial charge in [-0.3, -0.25) is 0 Å². The number of carbonyl (C=O) groups is 1. The van der Waals surface area contributed by atoms with Gasteiger partial charge in [0.05, 0.1) is 11.1 Å². The number of aromatic carboxylic acids is 1. The van der Waals surface area contributed by atoms with Crippen LogP contribution in [0.2, 0.25) is 0 Å². The number of nitrogens with zero attached hydrogens (tertiary/aromatic N) is 2. The Morgan fingerprint density at radius 1 is 1.48 bits per heavy atom. The van der Waals surface area contributed by atoms with Crippen LogP contribution in [0.25, 0.3) is 5.52 Å². The maximum absolute atomic E-state index is 11.6. The van der Waals surface area contributed by atoms with Crippen molar-refractivity contribution in [1.82, 2.24) is 9.61 Å². The number of carboxylic acid groups (broad SMARTS) is 1. The smallest absolute Gasteiger partial charge is 0.338 e. The highest BCUT2D eigenvalue weighted by Gasteiger charge is 2.29. The zero-order chi connectivity index (χ0) is 15.0. The summed E-state index contributed by atoms with van der Waals surface area (Å²) in [4.78, 5) is 11.6. The van der Waals surface area contributed by atoms with Gasteiger partial charge in [0.15, 0.2) is 0 Å². The molecule has 5 heteroatoms. The van der Waals surface area contributed by atoms with Crippen LogP contribution in [0.3, 0.4) is 0 Å². The van der Waals surface area contributed by atoms with E-state index in [2.05, 4.69) is 12.0 Å². The molecule has 2 aromatic rings. The lowest BCUT2D eigenvalue weighted by atomic mass is 9.84. The first-order valence-electron chi connectivity index (χ1n) is 7.38. The fourth-order valence-corrected chi connectivity index (χ4v) is 3.48.